The van der Waals surface area contributed by atoms with Crippen LogP contribution in [0.1, 0.15) is 17.3 Å². The molecule has 0 radical (unpaired) electrons. The molecule has 4 heteroatoms. The van der Waals surface area contributed by atoms with Crippen molar-refractivity contribution < 1.29 is 0 Å². The van der Waals surface area contributed by atoms with Crippen LogP contribution in [0.4, 0.5) is 0 Å². The zero-order valence-electron chi connectivity index (χ0n) is 7.35. The Bertz CT molecular complexity index is 397. The van der Waals surface area contributed by atoms with Crippen molar-refractivity contribution in [1.82, 2.24) is 4.37 Å². The Hall–Kier alpha value is -0.460. The Labute approximate surface area is 100 Å². The Morgan fingerprint density at radius 3 is 2.50 bits per heavy atom. The molecule has 0 bridgehead atoms. The zero-order valence-corrected chi connectivity index (χ0v) is 10.3. The van der Waals surface area contributed by atoms with Gasteiger partial charge < -0.3 is 5.73 Å². The molecule has 0 aliphatic rings. The molecule has 2 rings (SSSR count). The normalized spacial score (nSPS) is 12.7. The van der Waals surface area contributed by atoms with Crippen molar-refractivity contribution in [2.24, 2.45) is 5.73 Å². The van der Waals surface area contributed by atoms with Crippen LogP contribution in [0.2, 0.25) is 0 Å². The molecule has 1 aromatic carbocycles. The fourth-order valence-corrected chi connectivity index (χ4v) is 2.14. The molecule has 0 spiro atoms. The minimum Gasteiger partial charge on any atom is -0.319 e. The van der Waals surface area contributed by atoms with Crippen molar-refractivity contribution >= 4 is 34.1 Å². The number of nitrogens with two attached hydrogens (primary N) is 1. The van der Waals surface area contributed by atoms with E-state index in [4.69, 9.17) is 5.73 Å². The van der Waals surface area contributed by atoms with Gasteiger partial charge in [0.05, 0.1) is 11.7 Å². The topological polar surface area (TPSA) is 38.9 Å². The number of halogens is 1. The van der Waals surface area contributed by atoms with Gasteiger partial charge in [-0.15, -0.1) is 0 Å². The maximum Gasteiger partial charge on any atom is 0.0754 e. The maximum absolute atomic E-state index is 6.05. The van der Waals surface area contributed by atoms with E-state index in [1.807, 2.05) is 23.6 Å². The van der Waals surface area contributed by atoms with E-state index < -0.39 is 0 Å². The van der Waals surface area contributed by atoms with Crippen molar-refractivity contribution in [3.8, 4) is 0 Å². The van der Waals surface area contributed by atoms with Crippen molar-refractivity contribution in [2.45, 2.75) is 6.04 Å². The van der Waals surface area contributed by atoms with Crippen molar-refractivity contribution in [2.75, 3.05) is 0 Å². The van der Waals surface area contributed by atoms with E-state index in [9.17, 15) is 0 Å². The highest BCUT2D eigenvalue weighted by molar-refractivity contribution is 14.1. The molecule has 72 valence electrons. The lowest BCUT2D eigenvalue weighted by Crippen LogP contribution is -2.11. The molecule has 1 heterocycles. The van der Waals surface area contributed by atoms with Crippen LogP contribution in [-0.2, 0) is 0 Å². The third-order valence-corrected chi connectivity index (χ3v) is 3.30. The van der Waals surface area contributed by atoms with Gasteiger partial charge in [0.25, 0.3) is 0 Å². The van der Waals surface area contributed by atoms with E-state index in [0.29, 0.717) is 0 Å². The van der Waals surface area contributed by atoms with E-state index in [-0.39, 0.29) is 6.04 Å². The molecule has 0 saturated carbocycles. The first-order valence-electron chi connectivity index (χ1n) is 4.18. The predicted octanol–water partition coefficient (Wildman–Crippen LogP) is 2.80. The first-order chi connectivity index (χ1) is 6.77. The van der Waals surface area contributed by atoms with E-state index >= 15 is 0 Å². The third-order valence-electron chi connectivity index (χ3n) is 2.01. The van der Waals surface area contributed by atoms with Crippen LogP contribution in [0.5, 0.6) is 0 Å². The summed E-state index contributed by atoms with van der Waals surface area (Å²) in [4.78, 5) is 0. The summed E-state index contributed by atoms with van der Waals surface area (Å²) in [5, 5.41) is 1.95. The first-order valence-corrected chi connectivity index (χ1v) is 6.10. The zero-order chi connectivity index (χ0) is 9.97. The molecule has 1 aromatic heterocycles. The average molecular weight is 316 g/mol. The lowest BCUT2D eigenvalue weighted by atomic mass is 10.1. The van der Waals surface area contributed by atoms with Gasteiger partial charge in [-0.05, 0) is 57.9 Å². The minimum absolute atomic E-state index is 0.0988. The summed E-state index contributed by atoms with van der Waals surface area (Å²) in [7, 11) is 0. The molecule has 2 N–H and O–H groups in total. The second-order valence-electron chi connectivity index (χ2n) is 2.95. The SMILES string of the molecule is NC(c1ccc(I)cc1)c1ccsn1. The van der Waals surface area contributed by atoms with Crippen LogP contribution in [0.3, 0.4) is 0 Å². The van der Waals surface area contributed by atoms with Crippen molar-refractivity contribution in [3.63, 3.8) is 0 Å². The Morgan fingerprint density at radius 2 is 1.93 bits per heavy atom. The van der Waals surface area contributed by atoms with Crippen LogP contribution in [-0.4, -0.2) is 4.37 Å². The molecular weight excluding hydrogens is 307 g/mol. The standard InChI is InChI=1S/C10H9IN2S/c11-8-3-1-7(2-4-8)10(12)9-5-6-14-13-9/h1-6,10H,12H2. The van der Waals surface area contributed by atoms with Gasteiger partial charge in [-0.2, -0.15) is 4.37 Å². The molecule has 14 heavy (non-hydrogen) atoms. The van der Waals surface area contributed by atoms with Crippen molar-refractivity contribution in [3.05, 3.63) is 50.5 Å². The van der Waals surface area contributed by atoms with Crippen LogP contribution in [0, 0.1) is 3.57 Å². The van der Waals surface area contributed by atoms with Gasteiger partial charge in [-0.3, -0.25) is 0 Å². The lowest BCUT2D eigenvalue weighted by Gasteiger charge is -2.08. The average Bonchev–Trinajstić information content (AvgIpc) is 2.71. The molecule has 1 atom stereocenters. The number of hydrogen-bond donors (Lipinski definition) is 1. The van der Waals surface area contributed by atoms with Gasteiger partial charge in [-0.25, -0.2) is 0 Å². The number of rotatable bonds is 2. The quantitative estimate of drug-likeness (QED) is 0.865. The Balaban J connectivity index is 2.28. The van der Waals surface area contributed by atoms with Gasteiger partial charge in [0, 0.05) is 8.95 Å². The molecule has 2 aromatic rings. The summed E-state index contributed by atoms with van der Waals surface area (Å²) >= 11 is 3.71. The smallest absolute Gasteiger partial charge is 0.0754 e. The molecule has 0 fully saturated rings. The highest BCUT2D eigenvalue weighted by Crippen LogP contribution is 2.19. The molecule has 2 nitrogen and oxygen atoms in total. The van der Waals surface area contributed by atoms with Gasteiger partial charge in [0.1, 0.15) is 0 Å². The fraction of sp³-hybridized carbons (Fsp3) is 0.100. The third kappa shape index (κ3) is 2.13. The number of nitrogens with zero attached hydrogens (tertiary/aromatic N) is 1. The van der Waals surface area contributed by atoms with E-state index in [0.717, 1.165) is 11.3 Å². The molecule has 0 saturated heterocycles. The Kier molecular flexibility index (Phi) is 3.15. The number of benzene rings is 1. The number of aromatic nitrogens is 1. The molecule has 0 aliphatic carbocycles. The largest absolute Gasteiger partial charge is 0.319 e. The maximum atomic E-state index is 6.05. The van der Waals surface area contributed by atoms with Gasteiger partial charge in [-0.1, -0.05) is 12.1 Å². The van der Waals surface area contributed by atoms with Crippen LogP contribution in [0.25, 0.3) is 0 Å². The van der Waals surface area contributed by atoms with Crippen LogP contribution >= 0.6 is 34.1 Å². The van der Waals surface area contributed by atoms with E-state index in [2.05, 4.69) is 39.1 Å². The highest BCUT2D eigenvalue weighted by Gasteiger charge is 2.09. The summed E-state index contributed by atoms with van der Waals surface area (Å²) in [5.74, 6) is 0. The fourth-order valence-electron chi connectivity index (χ4n) is 1.22. The van der Waals surface area contributed by atoms with E-state index in [1.165, 1.54) is 15.1 Å². The summed E-state index contributed by atoms with van der Waals surface area (Å²) in [6.45, 7) is 0. The minimum atomic E-state index is -0.0988. The van der Waals surface area contributed by atoms with Crippen LogP contribution < -0.4 is 5.73 Å². The van der Waals surface area contributed by atoms with Crippen molar-refractivity contribution in [1.29, 1.82) is 0 Å². The molecular formula is C10H9IN2S. The molecule has 0 amide bonds. The Morgan fingerprint density at radius 1 is 1.21 bits per heavy atom. The summed E-state index contributed by atoms with van der Waals surface area (Å²) < 4.78 is 5.45. The van der Waals surface area contributed by atoms with Gasteiger partial charge >= 0.3 is 0 Å². The number of hydrogen-bond acceptors (Lipinski definition) is 3. The van der Waals surface area contributed by atoms with E-state index in [1.54, 1.807) is 0 Å². The highest BCUT2D eigenvalue weighted by atomic mass is 127. The second kappa shape index (κ2) is 4.37. The second-order valence-corrected chi connectivity index (χ2v) is 4.86. The monoisotopic (exact) mass is 316 g/mol. The van der Waals surface area contributed by atoms with Crippen LogP contribution in [0.15, 0.2) is 35.7 Å². The molecule has 0 aliphatic heterocycles. The lowest BCUT2D eigenvalue weighted by molar-refractivity contribution is 0.846. The summed E-state index contributed by atoms with van der Waals surface area (Å²) in [6, 6.07) is 10.1. The predicted molar refractivity (Wildman–Crippen MR) is 67.3 cm³/mol. The van der Waals surface area contributed by atoms with Gasteiger partial charge in [0.15, 0.2) is 0 Å². The van der Waals surface area contributed by atoms with Gasteiger partial charge in [0.2, 0.25) is 0 Å². The molecule has 1 unspecified atom stereocenters. The summed E-state index contributed by atoms with van der Waals surface area (Å²) in [5.41, 5.74) is 8.10. The summed E-state index contributed by atoms with van der Waals surface area (Å²) in [6.07, 6.45) is 0. The first kappa shape index (κ1) is 10.1.